The monoisotopic (exact) mass is 536 g/mol. The molecule has 0 aliphatic carbocycles. The van der Waals surface area contributed by atoms with Crippen molar-refractivity contribution in [2.75, 3.05) is 52.9 Å². The average Bonchev–Trinajstić information content (AvgIpc) is 3.75. The molecular weight excluding hydrogens is 492 g/mol. The predicted octanol–water partition coefficient (Wildman–Crippen LogP) is 4.59. The fourth-order valence-electron chi connectivity index (χ4n) is 5.41. The minimum Gasteiger partial charge on any atom is -0.379 e. The molecule has 0 amide bonds. The Balaban J connectivity index is 1.13. The van der Waals surface area contributed by atoms with Gasteiger partial charge in [-0.15, -0.1) is 0 Å². The van der Waals surface area contributed by atoms with Crippen LogP contribution >= 0.6 is 0 Å². The van der Waals surface area contributed by atoms with Crippen LogP contribution in [0.25, 0.3) is 0 Å². The van der Waals surface area contributed by atoms with E-state index in [1.54, 1.807) is 0 Å². The Morgan fingerprint density at radius 3 is 1.41 bits per heavy atom. The summed E-state index contributed by atoms with van der Waals surface area (Å²) in [7, 11) is 0. The Bertz CT molecular complexity index is 1010. The highest BCUT2D eigenvalue weighted by Crippen LogP contribution is 2.36. The number of hydrogen-bond donors (Lipinski definition) is 0. The molecule has 4 aliphatic heterocycles. The van der Waals surface area contributed by atoms with Crippen LogP contribution < -0.4 is 0 Å². The second-order valence-corrected chi connectivity index (χ2v) is 12.2. The summed E-state index contributed by atoms with van der Waals surface area (Å²) in [4.78, 5) is 0. The predicted molar refractivity (Wildman–Crippen MR) is 150 cm³/mol. The van der Waals surface area contributed by atoms with E-state index in [0.717, 1.165) is 91.4 Å². The van der Waals surface area contributed by atoms with Gasteiger partial charge in [-0.2, -0.15) is 0 Å². The second-order valence-electron chi connectivity index (χ2n) is 12.2. The molecule has 0 N–H and O–H groups in total. The van der Waals surface area contributed by atoms with Gasteiger partial charge >= 0.3 is 0 Å². The van der Waals surface area contributed by atoms with Crippen molar-refractivity contribution in [3.05, 3.63) is 69.8 Å². The summed E-state index contributed by atoms with van der Waals surface area (Å²) < 4.78 is 33.3. The maximum Gasteiger partial charge on any atom is 0.104 e. The molecule has 4 heterocycles. The molecule has 4 aliphatic rings. The fraction of sp³-hybridized carbons (Fsp3) is 0.636. The van der Waals surface area contributed by atoms with Crippen LogP contribution in [0.3, 0.4) is 0 Å². The first-order valence-electron chi connectivity index (χ1n) is 14.9. The molecule has 0 radical (unpaired) electrons. The van der Waals surface area contributed by atoms with Crippen LogP contribution in [-0.2, 0) is 59.5 Å². The van der Waals surface area contributed by atoms with Gasteiger partial charge in [0.25, 0.3) is 0 Å². The maximum atomic E-state index is 5.78. The van der Waals surface area contributed by atoms with Gasteiger partial charge in [-0.25, -0.2) is 0 Å². The van der Waals surface area contributed by atoms with Crippen molar-refractivity contribution >= 4 is 0 Å². The smallest absolute Gasteiger partial charge is 0.104 e. The third-order valence-corrected chi connectivity index (χ3v) is 8.44. The Hall–Kier alpha value is -1.80. The van der Waals surface area contributed by atoms with Crippen LogP contribution in [0, 0.1) is 0 Å². The lowest BCUT2D eigenvalue weighted by molar-refractivity contribution is 0.114. The van der Waals surface area contributed by atoms with Crippen LogP contribution in [0.4, 0.5) is 0 Å². The van der Waals surface area contributed by atoms with Gasteiger partial charge in [-0.1, -0.05) is 50.2 Å². The zero-order valence-electron chi connectivity index (χ0n) is 23.6. The summed E-state index contributed by atoms with van der Waals surface area (Å²) in [5.74, 6) is 0. The highest BCUT2D eigenvalue weighted by molar-refractivity contribution is 5.45. The van der Waals surface area contributed by atoms with Gasteiger partial charge in [-0.3, -0.25) is 0 Å². The zero-order chi connectivity index (χ0) is 26.7. The highest BCUT2D eigenvalue weighted by atomic mass is 16.6. The third kappa shape index (κ3) is 8.12. The molecule has 39 heavy (non-hydrogen) atoms. The van der Waals surface area contributed by atoms with Crippen LogP contribution in [0.1, 0.15) is 60.1 Å². The van der Waals surface area contributed by atoms with Crippen molar-refractivity contribution in [1.82, 2.24) is 0 Å². The zero-order valence-corrected chi connectivity index (χ0v) is 23.6. The summed E-state index contributed by atoms with van der Waals surface area (Å²) in [6, 6.07) is 14.2. The molecule has 0 bridgehead atoms. The first-order valence-corrected chi connectivity index (χ1v) is 14.9. The van der Waals surface area contributed by atoms with Crippen molar-refractivity contribution in [1.29, 1.82) is 0 Å². The molecule has 4 saturated heterocycles. The minimum atomic E-state index is -0.101. The lowest BCUT2D eigenvalue weighted by atomic mass is 9.75. The molecule has 6 rings (SSSR count). The first-order chi connectivity index (χ1) is 19.0. The summed E-state index contributed by atoms with van der Waals surface area (Å²) in [6.45, 7) is 11.2. The Morgan fingerprint density at radius 2 is 1.03 bits per heavy atom. The number of rotatable bonds is 18. The van der Waals surface area contributed by atoms with E-state index in [4.69, 9.17) is 28.4 Å². The van der Waals surface area contributed by atoms with Crippen LogP contribution in [0.2, 0.25) is 0 Å². The van der Waals surface area contributed by atoms with Gasteiger partial charge in [0.1, 0.15) is 12.2 Å². The molecule has 212 valence electrons. The van der Waals surface area contributed by atoms with Gasteiger partial charge in [0, 0.05) is 31.5 Å². The third-order valence-electron chi connectivity index (χ3n) is 8.44. The van der Waals surface area contributed by atoms with Crippen molar-refractivity contribution in [3.8, 4) is 0 Å². The van der Waals surface area contributed by atoms with E-state index in [9.17, 15) is 0 Å². The van der Waals surface area contributed by atoms with Crippen LogP contribution in [-0.4, -0.2) is 77.3 Å². The van der Waals surface area contributed by atoms with E-state index in [0.29, 0.717) is 24.4 Å². The van der Waals surface area contributed by atoms with Crippen molar-refractivity contribution in [2.45, 2.75) is 82.2 Å². The van der Waals surface area contributed by atoms with E-state index in [1.807, 2.05) is 0 Å². The van der Waals surface area contributed by atoms with Gasteiger partial charge in [0.15, 0.2) is 0 Å². The standard InChI is InChI=1S/C33H44O6/c1-33(2,27-9-7-23(25(13-27)15-29-19-36-29)5-3-11-34-17-31-21-38-31)28-10-8-24(26(14-28)16-30-20-37-30)6-4-12-35-18-32-22-39-32/h7-10,13-14,29-32H,3-6,11-12,15-22H2,1-2H3. The molecule has 6 heteroatoms. The van der Waals surface area contributed by atoms with E-state index in [1.165, 1.54) is 33.4 Å². The van der Waals surface area contributed by atoms with E-state index < -0.39 is 0 Å². The van der Waals surface area contributed by atoms with Crippen molar-refractivity contribution in [3.63, 3.8) is 0 Å². The number of epoxide rings is 4. The lowest BCUT2D eigenvalue weighted by Crippen LogP contribution is -2.20. The molecule has 0 saturated carbocycles. The molecule has 2 aromatic rings. The molecule has 6 nitrogen and oxygen atoms in total. The lowest BCUT2D eigenvalue weighted by Gasteiger charge is -2.29. The molecular formula is C33H44O6. The molecule has 4 atom stereocenters. The summed E-state index contributed by atoms with van der Waals surface area (Å²) in [5, 5.41) is 0. The summed E-state index contributed by atoms with van der Waals surface area (Å²) >= 11 is 0. The Labute approximate surface area is 233 Å². The van der Waals surface area contributed by atoms with Crippen LogP contribution in [0.5, 0.6) is 0 Å². The van der Waals surface area contributed by atoms with Gasteiger partial charge in [0.05, 0.1) is 51.8 Å². The van der Waals surface area contributed by atoms with Gasteiger partial charge in [0.2, 0.25) is 0 Å². The minimum absolute atomic E-state index is 0.101. The fourth-order valence-corrected chi connectivity index (χ4v) is 5.41. The average molecular weight is 537 g/mol. The quantitative estimate of drug-likeness (QED) is 0.205. The molecule has 4 unspecified atom stereocenters. The molecule has 2 aromatic carbocycles. The summed E-state index contributed by atoms with van der Waals surface area (Å²) in [6.07, 6.45) is 7.53. The van der Waals surface area contributed by atoms with E-state index >= 15 is 0 Å². The van der Waals surface area contributed by atoms with Crippen LogP contribution in [0.15, 0.2) is 36.4 Å². The normalized spacial score (nSPS) is 25.1. The number of benzene rings is 2. The molecule has 0 spiro atoms. The van der Waals surface area contributed by atoms with Gasteiger partial charge in [-0.05, 0) is 59.1 Å². The Kier molecular flexibility index (Phi) is 8.69. The van der Waals surface area contributed by atoms with Crippen molar-refractivity contribution in [2.24, 2.45) is 0 Å². The first kappa shape index (κ1) is 27.4. The van der Waals surface area contributed by atoms with Crippen molar-refractivity contribution < 1.29 is 28.4 Å². The topological polar surface area (TPSA) is 68.6 Å². The number of ether oxygens (including phenoxy) is 6. The number of aryl methyl sites for hydroxylation is 2. The second kappa shape index (κ2) is 12.4. The van der Waals surface area contributed by atoms with E-state index in [-0.39, 0.29) is 5.41 Å². The Morgan fingerprint density at radius 1 is 0.615 bits per heavy atom. The highest BCUT2D eigenvalue weighted by Gasteiger charge is 2.30. The molecule has 0 aromatic heterocycles. The summed E-state index contributed by atoms with van der Waals surface area (Å²) in [5.41, 5.74) is 8.32. The SMILES string of the molecule is CC(C)(c1ccc(CCCOCC2CO2)c(CC2CO2)c1)c1ccc(CCCOCC2CO2)c(CC2CO2)c1. The molecule has 4 fully saturated rings. The number of hydrogen-bond acceptors (Lipinski definition) is 6. The largest absolute Gasteiger partial charge is 0.379 e. The van der Waals surface area contributed by atoms with Gasteiger partial charge < -0.3 is 28.4 Å². The van der Waals surface area contributed by atoms with E-state index in [2.05, 4.69) is 50.2 Å². The maximum absolute atomic E-state index is 5.78.